The number of nitrogens with one attached hydrogen (secondary N) is 1. The molecule has 3 heteroatoms. The molecule has 1 aromatic heterocycles. The number of aryl methyl sites for hydroxylation is 2. The number of rotatable bonds is 2. The number of benzene rings is 1. The highest BCUT2D eigenvalue weighted by Crippen LogP contribution is 2.29. The SMILES string of the molecule is Cc1ccc(C(=O)N[C@H]2CCCc3ccccc32)o1. The summed E-state index contributed by atoms with van der Waals surface area (Å²) in [6, 6.07) is 12.0. The first-order chi connectivity index (χ1) is 9.24. The van der Waals surface area contributed by atoms with Crippen molar-refractivity contribution in [2.45, 2.75) is 32.2 Å². The average Bonchev–Trinajstić information content (AvgIpc) is 2.86. The van der Waals surface area contributed by atoms with Crippen LogP contribution in [0.1, 0.15) is 46.3 Å². The van der Waals surface area contributed by atoms with Crippen molar-refractivity contribution in [3.63, 3.8) is 0 Å². The molecule has 0 aliphatic heterocycles. The fourth-order valence-corrected chi connectivity index (χ4v) is 2.69. The van der Waals surface area contributed by atoms with Crippen molar-refractivity contribution in [1.29, 1.82) is 0 Å². The van der Waals surface area contributed by atoms with Crippen LogP contribution in [0.4, 0.5) is 0 Å². The van der Waals surface area contributed by atoms with E-state index in [0.29, 0.717) is 5.76 Å². The minimum Gasteiger partial charge on any atom is -0.456 e. The van der Waals surface area contributed by atoms with Gasteiger partial charge in [0, 0.05) is 0 Å². The van der Waals surface area contributed by atoms with Gasteiger partial charge in [-0.25, -0.2) is 0 Å². The Kier molecular flexibility index (Phi) is 3.11. The molecule has 98 valence electrons. The number of furan rings is 1. The van der Waals surface area contributed by atoms with Gasteiger partial charge in [-0.3, -0.25) is 4.79 Å². The quantitative estimate of drug-likeness (QED) is 0.893. The Morgan fingerprint density at radius 3 is 2.89 bits per heavy atom. The van der Waals surface area contributed by atoms with Crippen molar-refractivity contribution in [2.24, 2.45) is 0 Å². The van der Waals surface area contributed by atoms with Gasteiger partial charge in [0.2, 0.25) is 0 Å². The molecule has 0 unspecified atom stereocenters. The van der Waals surface area contributed by atoms with Crippen LogP contribution in [0.2, 0.25) is 0 Å². The van der Waals surface area contributed by atoms with E-state index in [-0.39, 0.29) is 11.9 Å². The Hall–Kier alpha value is -2.03. The van der Waals surface area contributed by atoms with Gasteiger partial charge in [0.25, 0.3) is 5.91 Å². The van der Waals surface area contributed by atoms with Crippen molar-refractivity contribution in [2.75, 3.05) is 0 Å². The average molecular weight is 255 g/mol. The summed E-state index contributed by atoms with van der Waals surface area (Å²) in [6.45, 7) is 1.84. The van der Waals surface area contributed by atoms with Crippen molar-refractivity contribution in [3.05, 3.63) is 59.0 Å². The minimum atomic E-state index is -0.130. The predicted octanol–water partition coefficient (Wildman–Crippen LogP) is 3.40. The maximum absolute atomic E-state index is 12.1. The van der Waals surface area contributed by atoms with Crippen LogP contribution in [0.15, 0.2) is 40.8 Å². The molecule has 1 amide bonds. The summed E-state index contributed by atoms with van der Waals surface area (Å²) in [5, 5.41) is 3.07. The van der Waals surface area contributed by atoms with E-state index < -0.39 is 0 Å². The second-order valence-electron chi connectivity index (χ2n) is 5.03. The topological polar surface area (TPSA) is 42.2 Å². The summed E-state index contributed by atoms with van der Waals surface area (Å²) >= 11 is 0. The summed E-state index contributed by atoms with van der Waals surface area (Å²) in [5.41, 5.74) is 2.58. The zero-order valence-corrected chi connectivity index (χ0v) is 11.0. The molecule has 1 heterocycles. The molecule has 0 saturated carbocycles. The molecule has 3 rings (SSSR count). The molecular weight excluding hydrogens is 238 g/mol. The van der Waals surface area contributed by atoms with Gasteiger partial charge < -0.3 is 9.73 Å². The molecule has 1 aromatic carbocycles. The lowest BCUT2D eigenvalue weighted by atomic mass is 9.88. The molecular formula is C16H17NO2. The number of amides is 1. The smallest absolute Gasteiger partial charge is 0.287 e. The molecule has 0 radical (unpaired) electrons. The molecule has 3 nitrogen and oxygen atoms in total. The lowest BCUT2D eigenvalue weighted by Crippen LogP contribution is -2.30. The normalized spacial score (nSPS) is 17.8. The monoisotopic (exact) mass is 255 g/mol. The van der Waals surface area contributed by atoms with E-state index in [1.807, 2.05) is 19.1 Å². The molecule has 19 heavy (non-hydrogen) atoms. The van der Waals surface area contributed by atoms with E-state index >= 15 is 0 Å². The van der Waals surface area contributed by atoms with Crippen LogP contribution < -0.4 is 5.32 Å². The molecule has 0 bridgehead atoms. The second-order valence-corrected chi connectivity index (χ2v) is 5.03. The van der Waals surface area contributed by atoms with Crippen LogP contribution in [0, 0.1) is 6.92 Å². The third-order valence-electron chi connectivity index (χ3n) is 3.64. The first kappa shape index (κ1) is 12.0. The summed E-state index contributed by atoms with van der Waals surface area (Å²) < 4.78 is 5.36. The predicted molar refractivity (Wildman–Crippen MR) is 73.0 cm³/mol. The standard InChI is InChI=1S/C16H17NO2/c1-11-9-10-15(19-11)16(18)17-14-8-4-6-12-5-2-3-7-13(12)14/h2-3,5,7,9-10,14H,4,6,8H2,1H3,(H,17,18)/t14-/m0/s1. The van der Waals surface area contributed by atoms with Gasteiger partial charge in [0.1, 0.15) is 5.76 Å². The Bertz CT molecular complexity index is 600. The summed E-state index contributed by atoms with van der Waals surface area (Å²) in [7, 11) is 0. The molecule has 1 atom stereocenters. The lowest BCUT2D eigenvalue weighted by Gasteiger charge is -2.25. The van der Waals surface area contributed by atoms with E-state index in [0.717, 1.165) is 25.0 Å². The van der Waals surface area contributed by atoms with Gasteiger partial charge in [-0.2, -0.15) is 0 Å². The first-order valence-electron chi connectivity index (χ1n) is 6.69. The summed E-state index contributed by atoms with van der Waals surface area (Å²) in [5.74, 6) is 1.02. The Balaban J connectivity index is 1.79. The van der Waals surface area contributed by atoms with Crippen LogP contribution in [-0.4, -0.2) is 5.91 Å². The second kappa shape index (κ2) is 4.92. The van der Waals surface area contributed by atoms with Crippen LogP contribution in [0.5, 0.6) is 0 Å². The van der Waals surface area contributed by atoms with Gasteiger partial charge in [0.15, 0.2) is 5.76 Å². The fraction of sp³-hybridized carbons (Fsp3) is 0.312. The largest absolute Gasteiger partial charge is 0.456 e. The number of hydrogen-bond acceptors (Lipinski definition) is 2. The van der Waals surface area contributed by atoms with Crippen molar-refractivity contribution < 1.29 is 9.21 Å². The molecule has 1 aliphatic carbocycles. The summed E-state index contributed by atoms with van der Waals surface area (Å²) in [6.07, 6.45) is 3.20. The molecule has 2 aromatic rings. The van der Waals surface area contributed by atoms with Gasteiger partial charge in [-0.15, -0.1) is 0 Å². The maximum atomic E-state index is 12.1. The van der Waals surface area contributed by atoms with Gasteiger partial charge in [-0.1, -0.05) is 24.3 Å². The molecule has 1 aliphatic rings. The Morgan fingerprint density at radius 1 is 1.26 bits per heavy atom. The number of hydrogen-bond donors (Lipinski definition) is 1. The van der Waals surface area contributed by atoms with Crippen LogP contribution in [-0.2, 0) is 6.42 Å². The maximum Gasteiger partial charge on any atom is 0.287 e. The minimum absolute atomic E-state index is 0.0999. The van der Waals surface area contributed by atoms with Crippen LogP contribution in [0.3, 0.4) is 0 Å². The van der Waals surface area contributed by atoms with Crippen LogP contribution in [0.25, 0.3) is 0 Å². The number of fused-ring (bicyclic) bond motifs is 1. The highest BCUT2D eigenvalue weighted by Gasteiger charge is 2.22. The van der Waals surface area contributed by atoms with Gasteiger partial charge in [0.05, 0.1) is 6.04 Å². The third-order valence-corrected chi connectivity index (χ3v) is 3.64. The Morgan fingerprint density at radius 2 is 2.11 bits per heavy atom. The molecule has 1 N–H and O–H groups in total. The van der Waals surface area contributed by atoms with Crippen LogP contribution >= 0.6 is 0 Å². The highest BCUT2D eigenvalue weighted by atomic mass is 16.3. The van der Waals surface area contributed by atoms with E-state index in [1.54, 1.807) is 6.07 Å². The molecule has 0 saturated heterocycles. The Labute approximate surface area is 112 Å². The van der Waals surface area contributed by atoms with E-state index in [1.165, 1.54) is 11.1 Å². The van der Waals surface area contributed by atoms with Crippen molar-refractivity contribution in [1.82, 2.24) is 5.32 Å². The van der Waals surface area contributed by atoms with E-state index in [4.69, 9.17) is 4.42 Å². The fourth-order valence-electron chi connectivity index (χ4n) is 2.69. The van der Waals surface area contributed by atoms with Crippen molar-refractivity contribution in [3.8, 4) is 0 Å². The van der Waals surface area contributed by atoms with E-state index in [9.17, 15) is 4.79 Å². The van der Waals surface area contributed by atoms with Crippen molar-refractivity contribution >= 4 is 5.91 Å². The molecule has 0 fully saturated rings. The highest BCUT2D eigenvalue weighted by molar-refractivity contribution is 5.91. The van der Waals surface area contributed by atoms with E-state index in [2.05, 4.69) is 23.5 Å². The summed E-state index contributed by atoms with van der Waals surface area (Å²) in [4.78, 5) is 12.1. The third kappa shape index (κ3) is 2.41. The zero-order chi connectivity index (χ0) is 13.2. The number of carbonyl (C=O) groups is 1. The first-order valence-corrected chi connectivity index (χ1v) is 6.69. The zero-order valence-electron chi connectivity index (χ0n) is 11.0. The number of carbonyl (C=O) groups excluding carboxylic acids is 1. The molecule has 0 spiro atoms. The van der Waals surface area contributed by atoms with Gasteiger partial charge >= 0.3 is 0 Å². The van der Waals surface area contributed by atoms with Gasteiger partial charge in [-0.05, 0) is 49.4 Å². The lowest BCUT2D eigenvalue weighted by molar-refractivity contribution is 0.0903.